The number of hydrogen-bond donors (Lipinski definition) is 1. The number of benzene rings is 2. The number of carbonyl (C=O) groups is 2. The Labute approximate surface area is 207 Å². The molecule has 2 aromatic carbocycles. The summed E-state index contributed by atoms with van der Waals surface area (Å²) in [5.74, 6) is -0.0317. The minimum atomic E-state index is -0.957. The molecule has 3 aromatic rings. The number of nitrogens with zero attached hydrogens (tertiary/aromatic N) is 2. The van der Waals surface area contributed by atoms with Crippen molar-refractivity contribution in [1.82, 2.24) is 9.80 Å². The molecule has 1 fully saturated rings. The van der Waals surface area contributed by atoms with E-state index < -0.39 is 12.5 Å². The van der Waals surface area contributed by atoms with E-state index in [1.165, 1.54) is 0 Å². The Hall–Kier alpha value is -3.58. The van der Waals surface area contributed by atoms with Gasteiger partial charge in [-0.3, -0.25) is 14.5 Å². The van der Waals surface area contributed by atoms with Gasteiger partial charge in [0.25, 0.3) is 5.91 Å². The summed E-state index contributed by atoms with van der Waals surface area (Å²) in [6, 6.07) is 18.0. The van der Waals surface area contributed by atoms with E-state index in [0.29, 0.717) is 43.0 Å². The molecule has 7 heteroatoms. The summed E-state index contributed by atoms with van der Waals surface area (Å²) >= 11 is 0. The van der Waals surface area contributed by atoms with Crippen LogP contribution in [0.5, 0.6) is 5.75 Å². The van der Waals surface area contributed by atoms with Crippen molar-refractivity contribution in [3.8, 4) is 17.1 Å². The fourth-order valence-electron chi connectivity index (χ4n) is 4.20. The van der Waals surface area contributed by atoms with Crippen molar-refractivity contribution in [1.29, 1.82) is 0 Å². The molecular formula is C28H32N2O5. The Morgan fingerprint density at radius 3 is 2.60 bits per heavy atom. The number of para-hydroxylation sites is 1. The van der Waals surface area contributed by atoms with E-state index in [0.717, 1.165) is 17.9 Å². The molecule has 1 aromatic heterocycles. The number of aliphatic carboxylic acids is 1. The molecule has 2 atom stereocenters. The monoisotopic (exact) mass is 477 g/mol. The van der Waals surface area contributed by atoms with Crippen LogP contribution in [0.25, 0.3) is 11.3 Å². The normalized spacial score (nSPS) is 17.2. The molecule has 2 unspecified atom stereocenters. The minimum Gasteiger partial charge on any atom is -0.492 e. The molecule has 0 aliphatic carbocycles. The van der Waals surface area contributed by atoms with Gasteiger partial charge in [0.15, 0.2) is 0 Å². The standard InChI is InChI=1S/C28H32N2O5/c1-20(2)30(27(31)22-11-9-21(10-12-22)25-8-5-16-34-25)19-23-6-3-4-7-26(23)35-17-15-29-14-13-24(18-29)28(32)33/h3-12,16,20,24H,13-15,17-19H2,1-2H3,(H,32,33)/i19D. The van der Waals surface area contributed by atoms with Crippen LogP contribution >= 0.6 is 0 Å². The molecule has 4 rings (SSSR count). The number of amides is 1. The van der Waals surface area contributed by atoms with E-state index in [-0.39, 0.29) is 17.9 Å². The Kier molecular flexibility index (Phi) is 7.44. The summed E-state index contributed by atoms with van der Waals surface area (Å²) in [5, 5.41) is 9.20. The average molecular weight is 478 g/mol. The van der Waals surface area contributed by atoms with Gasteiger partial charge in [-0.2, -0.15) is 0 Å². The maximum absolute atomic E-state index is 13.5. The fraction of sp³-hybridized carbons (Fsp3) is 0.357. The largest absolute Gasteiger partial charge is 0.492 e. The van der Waals surface area contributed by atoms with Crippen molar-refractivity contribution in [3.63, 3.8) is 0 Å². The highest BCUT2D eigenvalue weighted by atomic mass is 16.5. The van der Waals surface area contributed by atoms with E-state index in [4.69, 9.17) is 10.5 Å². The topological polar surface area (TPSA) is 83.2 Å². The second-order valence-electron chi connectivity index (χ2n) is 9.00. The third-order valence-electron chi connectivity index (χ3n) is 6.21. The molecule has 2 heterocycles. The summed E-state index contributed by atoms with van der Waals surface area (Å²) < 4.78 is 20.4. The highest BCUT2D eigenvalue weighted by Crippen LogP contribution is 2.24. The van der Waals surface area contributed by atoms with Crippen LogP contribution in [0.15, 0.2) is 71.3 Å². The summed E-state index contributed by atoms with van der Waals surface area (Å²) in [7, 11) is 0. The fourth-order valence-corrected chi connectivity index (χ4v) is 4.20. The summed E-state index contributed by atoms with van der Waals surface area (Å²) in [6.07, 6.45) is 2.26. The Morgan fingerprint density at radius 1 is 1.17 bits per heavy atom. The van der Waals surface area contributed by atoms with E-state index in [9.17, 15) is 14.7 Å². The Balaban J connectivity index is 1.45. The molecule has 184 valence electrons. The minimum absolute atomic E-state index is 0.213. The maximum Gasteiger partial charge on any atom is 0.307 e. The number of hydrogen-bond acceptors (Lipinski definition) is 5. The van der Waals surface area contributed by atoms with Gasteiger partial charge in [0, 0.05) is 42.3 Å². The predicted molar refractivity (Wildman–Crippen MR) is 133 cm³/mol. The first-order valence-corrected chi connectivity index (χ1v) is 11.9. The van der Waals surface area contributed by atoms with E-state index in [1.807, 2.05) is 62.4 Å². The molecule has 0 bridgehead atoms. The number of carboxylic acid groups (broad SMARTS) is 1. The molecule has 1 aliphatic rings. The molecule has 0 saturated carbocycles. The predicted octanol–water partition coefficient (Wildman–Crippen LogP) is 4.78. The Bertz CT molecular complexity index is 1160. The zero-order valence-corrected chi connectivity index (χ0v) is 20.1. The van der Waals surface area contributed by atoms with Crippen LogP contribution in [0.4, 0.5) is 0 Å². The van der Waals surface area contributed by atoms with Gasteiger partial charge in [0.05, 0.1) is 13.6 Å². The lowest BCUT2D eigenvalue weighted by atomic mass is 10.1. The highest BCUT2D eigenvalue weighted by molar-refractivity contribution is 5.94. The van der Waals surface area contributed by atoms with Crippen LogP contribution < -0.4 is 4.74 Å². The van der Waals surface area contributed by atoms with Crippen LogP contribution in [0.2, 0.25) is 0 Å². The third-order valence-corrected chi connectivity index (χ3v) is 6.21. The number of furan rings is 1. The zero-order valence-electron chi connectivity index (χ0n) is 21.1. The maximum atomic E-state index is 13.5. The highest BCUT2D eigenvalue weighted by Gasteiger charge is 2.27. The van der Waals surface area contributed by atoms with E-state index in [1.54, 1.807) is 23.3 Å². The first-order chi connectivity index (χ1) is 17.3. The average Bonchev–Trinajstić information content (AvgIpc) is 3.57. The summed E-state index contributed by atoms with van der Waals surface area (Å²) in [4.78, 5) is 28.3. The van der Waals surface area contributed by atoms with Crippen LogP contribution in [0.3, 0.4) is 0 Å². The van der Waals surface area contributed by atoms with Gasteiger partial charge in [-0.1, -0.05) is 30.3 Å². The third kappa shape index (κ3) is 6.11. The number of carboxylic acids is 1. The molecule has 35 heavy (non-hydrogen) atoms. The zero-order chi connectivity index (χ0) is 25.7. The number of ether oxygens (including phenoxy) is 1. The SMILES string of the molecule is [2H]C(c1ccccc1OCCN1CCC(C(=O)O)C1)N(C(=O)c1ccc(-c2ccco2)cc1)C(C)C. The molecule has 1 N–H and O–H groups in total. The van der Waals surface area contributed by atoms with Crippen LogP contribution in [-0.4, -0.2) is 59.1 Å². The van der Waals surface area contributed by atoms with Gasteiger partial charge in [0.1, 0.15) is 18.1 Å². The van der Waals surface area contributed by atoms with Crippen molar-refractivity contribution < 1.29 is 25.2 Å². The van der Waals surface area contributed by atoms with Gasteiger partial charge >= 0.3 is 5.97 Å². The Morgan fingerprint density at radius 2 is 1.94 bits per heavy atom. The lowest BCUT2D eigenvalue weighted by Crippen LogP contribution is -2.36. The van der Waals surface area contributed by atoms with Crippen molar-refractivity contribution in [2.24, 2.45) is 5.92 Å². The van der Waals surface area contributed by atoms with Crippen molar-refractivity contribution >= 4 is 11.9 Å². The van der Waals surface area contributed by atoms with Crippen molar-refractivity contribution in [3.05, 3.63) is 78.1 Å². The summed E-state index contributed by atoms with van der Waals surface area (Å²) in [6.45, 7) is 5.07. The molecule has 1 saturated heterocycles. The number of rotatable bonds is 10. The molecule has 1 amide bonds. The van der Waals surface area contributed by atoms with E-state index >= 15 is 0 Å². The number of likely N-dealkylation sites (tertiary alicyclic amines) is 1. The molecule has 7 nitrogen and oxygen atoms in total. The lowest BCUT2D eigenvalue weighted by molar-refractivity contribution is -0.141. The van der Waals surface area contributed by atoms with Crippen LogP contribution in [0.1, 0.15) is 37.6 Å². The van der Waals surface area contributed by atoms with Crippen LogP contribution in [0, 0.1) is 5.92 Å². The van der Waals surface area contributed by atoms with Crippen LogP contribution in [-0.2, 0) is 11.3 Å². The smallest absolute Gasteiger partial charge is 0.307 e. The van der Waals surface area contributed by atoms with Gasteiger partial charge in [-0.15, -0.1) is 0 Å². The summed E-state index contributed by atoms with van der Waals surface area (Å²) in [5.41, 5.74) is 1.98. The lowest BCUT2D eigenvalue weighted by Gasteiger charge is -2.28. The van der Waals surface area contributed by atoms with Crippen molar-refractivity contribution in [2.45, 2.75) is 32.8 Å². The second-order valence-corrected chi connectivity index (χ2v) is 9.00. The molecule has 1 aliphatic heterocycles. The van der Waals surface area contributed by atoms with E-state index in [2.05, 4.69) is 4.90 Å². The first kappa shape index (κ1) is 23.2. The quantitative estimate of drug-likeness (QED) is 0.452. The van der Waals surface area contributed by atoms with Gasteiger partial charge in [-0.05, 0) is 57.1 Å². The van der Waals surface area contributed by atoms with Gasteiger partial charge in [-0.25, -0.2) is 0 Å². The molecular weight excluding hydrogens is 444 g/mol. The van der Waals surface area contributed by atoms with Crippen molar-refractivity contribution in [2.75, 3.05) is 26.2 Å². The number of carbonyl (C=O) groups excluding carboxylic acids is 1. The molecule has 0 radical (unpaired) electrons. The molecule has 0 spiro atoms. The van der Waals surface area contributed by atoms with Gasteiger partial charge < -0.3 is 19.2 Å². The first-order valence-electron chi connectivity index (χ1n) is 12.5. The second kappa shape index (κ2) is 11.2. The van der Waals surface area contributed by atoms with Gasteiger partial charge in [0.2, 0.25) is 0 Å².